The van der Waals surface area contributed by atoms with E-state index in [0.29, 0.717) is 51.3 Å². The average Bonchev–Trinajstić information content (AvgIpc) is 3.23. The zero-order valence-electron chi connectivity index (χ0n) is 20.2. The molecule has 0 radical (unpaired) electrons. The van der Waals surface area contributed by atoms with E-state index in [1.807, 2.05) is 36.9 Å². The Hall–Kier alpha value is -2.49. The number of nitrogens with one attached hydrogen (secondary N) is 1. The molecule has 1 aromatic rings. The first-order valence-electron chi connectivity index (χ1n) is 12.3. The molecule has 3 saturated heterocycles. The standard InChI is InChI=1S/C25H36N4O5/c1-19(2)23(31)28-11-8-25(9-12-28)29(24(32)20-6-4-3-5-7-20)21(18-34-25)22(30)26-10-13-27-14-16-33-17-15-27/h3-7,19,21H,8-18H2,1-2H3,(H,26,30)/t21-/m0/s1. The summed E-state index contributed by atoms with van der Waals surface area (Å²) in [4.78, 5) is 45.1. The minimum atomic E-state index is -0.882. The van der Waals surface area contributed by atoms with E-state index in [2.05, 4.69) is 10.2 Å². The number of amides is 3. The van der Waals surface area contributed by atoms with E-state index in [9.17, 15) is 14.4 Å². The molecule has 3 aliphatic heterocycles. The van der Waals surface area contributed by atoms with Crippen LogP contribution in [0.4, 0.5) is 0 Å². The summed E-state index contributed by atoms with van der Waals surface area (Å²) >= 11 is 0. The molecule has 1 spiro atoms. The van der Waals surface area contributed by atoms with E-state index < -0.39 is 11.8 Å². The van der Waals surface area contributed by atoms with Crippen molar-refractivity contribution in [3.63, 3.8) is 0 Å². The van der Waals surface area contributed by atoms with Gasteiger partial charge in [0.05, 0.1) is 19.8 Å². The van der Waals surface area contributed by atoms with Gasteiger partial charge in [-0.3, -0.25) is 24.2 Å². The summed E-state index contributed by atoms with van der Waals surface area (Å²) in [5, 5.41) is 3.01. The van der Waals surface area contributed by atoms with Crippen LogP contribution in [0.1, 0.15) is 37.0 Å². The lowest BCUT2D eigenvalue weighted by Crippen LogP contribution is -2.60. The van der Waals surface area contributed by atoms with Crippen molar-refractivity contribution in [1.82, 2.24) is 20.0 Å². The van der Waals surface area contributed by atoms with Gasteiger partial charge in [0, 0.05) is 63.6 Å². The zero-order valence-corrected chi connectivity index (χ0v) is 20.2. The molecule has 0 bridgehead atoms. The lowest BCUT2D eigenvalue weighted by Gasteiger charge is -2.44. The van der Waals surface area contributed by atoms with Crippen molar-refractivity contribution < 1.29 is 23.9 Å². The van der Waals surface area contributed by atoms with Crippen LogP contribution >= 0.6 is 0 Å². The third-order valence-corrected chi connectivity index (χ3v) is 6.98. The van der Waals surface area contributed by atoms with Gasteiger partial charge in [0.2, 0.25) is 11.8 Å². The molecule has 34 heavy (non-hydrogen) atoms. The molecule has 3 amide bonds. The normalized spacial score (nSPS) is 22.9. The highest BCUT2D eigenvalue weighted by atomic mass is 16.5. The monoisotopic (exact) mass is 472 g/mol. The van der Waals surface area contributed by atoms with Gasteiger partial charge in [-0.05, 0) is 12.1 Å². The number of carbonyl (C=O) groups is 3. The van der Waals surface area contributed by atoms with E-state index in [4.69, 9.17) is 9.47 Å². The highest BCUT2D eigenvalue weighted by Crippen LogP contribution is 2.38. The highest BCUT2D eigenvalue weighted by molar-refractivity contribution is 5.98. The third kappa shape index (κ3) is 5.26. The summed E-state index contributed by atoms with van der Waals surface area (Å²) in [7, 11) is 0. The Morgan fingerprint density at radius 1 is 1.06 bits per heavy atom. The molecule has 4 rings (SSSR count). The zero-order chi connectivity index (χ0) is 24.1. The number of rotatable bonds is 6. The number of ether oxygens (including phenoxy) is 2. The smallest absolute Gasteiger partial charge is 0.256 e. The van der Waals surface area contributed by atoms with E-state index in [1.54, 1.807) is 17.0 Å². The van der Waals surface area contributed by atoms with Crippen molar-refractivity contribution in [2.45, 2.75) is 38.5 Å². The molecular weight excluding hydrogens is 436 g/mol. The van der Waals surface area contributed by atoms with Crippen LogP contribution in [0.3, 0.4) is 0 Å². The first-order chi connectivity index (χ1) is 16.4. The number of nitrogens with zero attached hydrogens (tertiary/aromatic N) is 3. The van der Waals surface area contributed by atoms with Crippen molar-refractivity contribution in [3.05, 3.63) is 35.9 Å². The highest BCUT2D eigenvalue weighted by Gasteiger charge is 2.54. The summed E-state index contributed by atoms with van der Waals surface area (Å²) in [6.07, 6.45) is 0.975. The SMILES string of the molecule is CC(C)C(=O)N1CCC2(CC1)OC[C@@H](C(=O)NCCN1CCOCC1)N2C(=O)c1ccccc1. The molecule has 3 fully saturated rings. The Bertz CT molecular complexity index is 863. The largest absolute Gasteiger partial charge is 0.379 e. The Balaban J connectivity index is 1.47. The van der Waals surface area contributed by atoms with Crippen molar-refractivity contribution in [1.29, 1.82) is 0 Å². The van der Waals surface area contributed by atoms with Crippen molar-refractivity contribution >= 4 is 17.7 Å². The Morgan fingerprint density at radius 2 is 1.74 bits per heavy atom. The molecule has 0 unspecified atom stereocenters. The van der Waals surface area contributed by atoms with Crippen LogP contribution in [-0.4, -0.2) is 103 Å². The van der Waals surface area contributed by atoms with Gasteiger partial charge in [0.25, 0.3) is 5.91 Å². The minimum Gasteiger partial charge on any atom is -0.379 e. The van der Waals surface area contributed by atoms with Crippen LogP contribution in [0.2, 0.25) is 0 Å². The van der Waals surface area contributed by atoms with Gasteiger partial charge in [0.1, 0.15) is 11.8 Å². The molecule has 186 valence electrons. The summed E-state index contributed by atoms with van der Waals surface area (Å²) in [5.41, 5.74) is -0.355. The van der Waals surface area contributed by atoms with E-state index in [1.165, 1.54) is 0 Å². The van der Waals surface area contributed by atoms with Gasteiger partial charge in [-0.2, -0.15) is 0 Å². The fraction of sp³-hybridized carbons (Fsp3) is 0.640. The number of piperidine rings is 1. The van der Waals surface area contributed by atoms with Crippen molar-refractivity contribution in [2.24, 2.45) is 5.92 Å². The number of hydrogen-bond donors (Lipinski definition) is 1. The Morgan fingerprint density at radius 3 is 2.38 bits per heavy atom. The van der Waals surface area contributed by atoms with E-state index in [-0.39, 0.29) is 30.2 Å². The topological polar surface area (TPSA) is 91.4 Å². The molecule has 3 aliphatic rings. The second kappa shape index (κ2) is 10.8. The molecule has 0 saturated carbocycles. The van der Waals surface area contributed by atoms with Crippen LogP contribution in [-0.2, 0) is 19.1 Å². The lowest BCUT2D eigenvalue weighted by atomic mass is 9.95. The molecule has 1 aromatic carbocycles. The second-order valence-electron chi connectivity index (χ2n) is 9.54. The average molecular weight is 473 g/mol. The number of likely N-dealkylation sites (tertiary alicyclic amines) is 1. The van der Waals surface area contributed by atoms with Crippen molar-refractivity contribution in [2.75, 3.05) is 59.1 Å². The maximum Gasteiger partial charge on any atom is 0.256 e. The second-order valence-corrected chi connectivity index (χ2v) is 9.54. The maximum absolute atomic E-state index is 13.6. The van der Waals surface area contributed by atoms with Crippen LogP contribution in [0.5, 0.6) is 0 Å². The maximum atomic E-state index is 13.6. The van der Waals surface area contributed by atoms with Gasteiger partial charge in [0.15, 0.2) is 0 Å². The predicted octanol–water partition coefficient (Wildman–Crippen LogP) is 0.951. The first-order valence-corrected chi connectivity index (χ1v) is 12.3. The number of morpholine rings is 1. The number of hydrogen-bond acceptors (Lipinski definition) is 6. The number of benzene rings is 1. The van der Waals surface area contributed by atoms with Gasteiger partial charge >= 0.3 is 0 Å². The van der Waals surface area contributed by atoms with E-state index >= 15 is 0 Å². The summed E-state index contributed by atoms with van der Waals surface area (Å²) < 4.78 is 11.6. The van der Waals surface area contributed by atoms with Crippen LogP contribution in [0, 0.1) is 5.92 Å². The summed E-state index contributed by atoms with van der Waals surface area (Å²) in [5.74, 6) is -0.387. The molecular formula is C25H36N4O5. The van der Waals surface area contributed by atoms with E-state index in [0.717, 1.165) is 19.6 Å². The van der Waals surface area contributed by atoms with Gasteiger partial charge in [-0.25, -0.2) is 0 Å². The van der Waals surface area contributed by atoms with Gasteiger partial charge in [-0.15, -0.1) is 0 Å². The van der Waals surface area contributed by atoms with Crippen LogP contribution in [0.15, 0.2) is 30.3 Å². The quantitative estimate of drug-likeness (QED) is 0.663. The Labute approximate surface area is 201 Å². The minimum absolute atomic E-state index is 0.0782. The first kappa shape index (κ1) is 24.6. The fourth-order valence-electron chi connectivity index (χ4n) is 5.01. The Kier molecular flexibility index (Phi) is 7.85. The number of carbonyl (C=O) groups excluding carboxylic acids is 3. The lowest BCUT2D eigenvalue weighted by molar-refractivity contribution is -0.146. The molecule has 9 heteroatoms. The van der Waals surface area contributed by atoms with Gasteiger partial charge in [-0.1, -0.05) is 32.0 Å². The molecule has 1 N–H and O–H groups in total. The molecule has 9 nitrogen and oxygen atoms in total. The molecule has 1 atom stereocenters. The molecule has 0 aliphatic carbocycles. The van der Waals surface area contributed by atoms with Crippen LogP contribution in [0.25, 0.3) is 0 Å². The predicted molar refractivity (Wildman–Crippen MR) is 126 cm³/mol. The fourth-order valence-corrected chi connectivity index (χ4v) is 5.01. The van der Waals surface area contributed by atoms with Gasteiger partial charge < -0.3 is 19.7 Å². The third-order valence-electron chi connectivity index (χ3n) is 6.98. The molecule has 3 heterocycles. The molecule has 0 aromatic heterocycles. The summed E-state index contributed by atoms with van der Waals surface area (Å²) in [6.45, 7) is 9.32. The van der Waals surface area contributed by atoms with Crippen molar-refractivity contribution in [3.8, 4) is 0 Å². The van der Waals surface area contributed by atoms with Crippen LogP contribution < -0.4 is 5.32 Å². The summed E-state index contributed by atoms with van der Waals surface area (Å²) in [6, 6.07) is 8.32.